The second kappa shape index (κ2) is 8.15. The highest BCUT2D eigenvalue weighted by molar-refractivity contribution is 5.57. The van der Waals surface area contributed by atoms with Crippen LogP contribution in [0.4, 0.5) is 0 Å². The molecule has 4 heteroatoms. The summed E-state index contributed by atoms with van der Waals surface area (Å²) in [4.78, 5) is 10.5. The van der Waals surface area contributed by atoms with Gasteiger partial charge in [0.2, 0.25) is 0 Å². The Morgan fingerprint density at radius 1 is 1.15 bits per heavy atom. The van der Waals surface area contributed by atoms with Gasteiger partial charge in [-0.15, -0.1) is 0 Å². The van der Waals surface area contributed by atoms with E-state index in [1.54, 1.807) is 0 Å². The summed E-state index contributed by atoms with van der Waals surface area (Å²) in [5.74, 6) is 0. The zero-order valence-corrected chi connectivity index (χ0v) is 11.8. The minimum Gasteiger partial charge on any atom is -0.350 e. The molecule has 1 aliphatic heterocycles. The second-order valence-corrected chi connectivity index (χ2v) is 5.24. The molecule has 1 unspecified atom stereocenters. The predicted octanol–water partition coefficient (Wildman–Crippen LogP) is 1.84. The summed E-state index contributed by atoms with van der Waals surface area (Å²) in [5, 5.41) is 0. The average Bonchev–Trinajstić information content (AvgIpc) is 2.98. The van der Waals surface area contributed by atoms with E-state index < -0.39 is 6.04 Å². The Balaban J connectivity index is 1.66. The van der Waals surface area contributed by atoms with Gasteiger partial charge in [-0.05, 0) is 43.2 Å². The van der Waals surface area contributed by atoms with Gasteiger partial charge in [0.1, 0.15) is 6.29 Å². The normalized spacial score (nSPS) is 17.2. The first-order valence-electron chi connectivity index (χ1n) is 7.30. The third-order valence-electron chi connectivity index (χ3n) is 3.52. The van der Waals surface area contributed by atoms with Gasteiger partial charge in [0, 0.05) is 0 Å². The first-order valence-corrected chi connectivity index (χ1v) is 7.30. The molecule has 0 bridgehead atoms. The number of nitrogens with two attached hydrogens (primary N) is 1. The molecule has 0 spiro atoms. The lowest BCUT2D eigenvalue weighted by atomic mass is 10.0. The highest BCUT2D eigenvalue weighted by atomic mass is 16.7. The van der Waals surface area contributed by atoms with Crippen LogP contribution in [0.25, 0.3) is 0 Å². The molecule has 2 rings (SSSR count). The average molecular weight is 277 g/mol. The van der Waals surface area contributed by atoms with Crippen LogP contribution in [0.2, 0.25) is 0 Å². The number of unbranched alkanes of at least 4 members (excludes halogenated alkanes) is 1. The molecule has 1 saturated heterocycles. The molecule has 1 aromatic rings. The van der Waals surface area contributed by atoms with Crippen LogP contribution < -0.4 is 5.73 Å². The summed E-state index contributed by atoms with van der Waals surface area (Å²) in [5.41, 5.74) is 8.04. The topological polar surface area (TPSA) is 61.6 Å². The van der Waals surface area contributed by atoms with Crippen molar-refractivity contribution >= 4 is 6.29 Å². The summed E-state index contributed by atoms with van der Waals surface area (Å²) in [6.07, 6.45) is 5.71. The van der Waals surface area contributed by atoms with Gasteiger partial charge in [0.15, 0.2) is 6.29 Å². The van der Waals surface area contributed by atoms with Crippen LogP contribution in [0.5, 0.6) is 0 Å². The van der Waals surface area contributed by atoms with E-state index in [1.807, 2.05) is 0 Å². The lowest BCUT2D eigenvalue weighted by Crippen LogP contribution is -2.23. The number of rotatable bonds is 8. The molecule has 1 aromatic carbocycles. The Bertz CT molecular complexity index is 399. The van der Waals surface area contributed by atoms with Crippen LogP contribution in [0.15, 0.2) is 24.3 Å². The molecule has 1 heterocycles. The van der Waals surface area contributed by atoms with E-state index in [0.717, 1.165) is 50.7 Å². The number of carbonyl (C=O) groups excluding carboxylic acids is 1. The molecule has 0 aromatic heterocycles. The van der Waals surface area contributed by atoms with Crippen LogP contribution >= 0.6 is 0 Å². The Hall–Kier alpha value is -1.23. The van der Waals surface area contributed by atoms with Crippen molar-refractivity contribution in [2.75, 3.05) is 13.2 Å². The fourth-order valence-corrected chi connectivity index (χ4v) is 2.38. The highest BCUT2D eigenvalue weighted by Gasteiger charge is 2.14. The monoisotopic (exact) mass is 277 g/mol. The van der Waals surface area contributed by atoms with Crippen molar-refractivity contribution in [2.24, 2.45) is 5.73 Å². The van der Waals surface area contributed by atoms with Gasteiger partial charge in [0.05, 0.1) is 19.3 Å². The predicted molar refractivity (Wildman–Crippen MR) is 77.4 cm³/mol. The number of aldehydes is 1. The Kier molecular flexibility index (Phi) is 6.18. The molecular formula is C16H23NO3. The number of ether oxygens (including phenoxy) is 2. The van der Waals surface area contributed by atoms with E-state index >= 15 is 0 Å². The van der Waals surface area contributed by atoms with Crippen molar-refractivity contribution in [3.05, 3.63) is 35.4 Å². The van der Waals surface area contributed by atoms with Crippen molar-refractivity contribution in [1.82, 2.24) is 0 Å². The molecule has 0 saturated carbocycles. The van der Waals surface area contributed by atoms with Crippen LogP contribution in [0.3, 0.4) is 0 Å². The van der Waals surface area contributed by atoms with Gasteiger partial charge in [-0.3, -0.25) is 0 Å². The van der Waals surface area contributed by atoms with E-state index in [2.05, 4.69) is 24.3 Å². The van der Waals surface area contributed by atoms with Crippen LogP contribution in [-0.4, -0.2) is 31.8 Å². The molecule has 1 aliphatic rings. The lowest BCUT2D eigenvalue weighted by molar-refractivity contribution is -0.108. The molecule has 20 heavy (non-hydrogen) atoms. The maximum atomic E-state index is 10.5. The van der Waals surface area contributed by atoms with E-state index in [0.29, 0.717) is 6.42 Å². The molecule has 2 N–H and O–H groups in total. The van der Waals surface area contributed by atoms with E-state index in [1.165, 1.54) is 5.56 Å². The highest BCUT2D eigenvalue weighted by Crippen LogP contribution is 2.14. The number of carbonyl (C=O) groups is 1. The third-order valence-corrected chi connectivity index (χ3v) is 3.52. The Labute approximate surface area is 120 Å². The first-order chi connectivity index (χ1) is 9.78. The lowest BCUT2D eigenvalue weighted by Gasteiger charge is -2.09. The van der Waals surface area contributed by atoms with Crippen molar-refractivity contribution < 1.29 is 14.3 Å². The first kappa shape index (κ1) is 15.2. The smallest absolute Gasteiger partial charge is 0.157 e. The summed E-state index contributed by atoms with van der Waals surface area (Å²) in [6.45, 7) is 1.46. The van der Waals surface area contributed by atoms with Crippen molar-refractivity contribution in [2.45, 2.75) is 44.4 Å². The van der Waals surface area contributed by atoms with E-state index in [-0.39, 0.29) is 6.29 Å². The standard InChI is InChI=1S/C16H23NO3/c17-15(12-18)11-14-7-5-13(6-8-14)3-1-2-4-16-19-9-10-20-16/h5-8,12,15-16H,1-4,9-11,17H2. The minimum atomic E-state index is -0.396. The number of aryl methyl sites for hydroxylation is 1. The molecule has 1 atom stereocenters. The molecular weight excluding hydrogens is 254 g/mol. The molecule has 0 amide bonds. The number of hydrogen-bond acceptors (Lipinski definition) is 4. The molecule has 0 aliphatic carbocycles. The molecule has 1 fully saturated rings. The molecule has 0 radical (unpaired) electrons. The number of benzene rings is 1. The van der Waals surface area contributed by atoms with Gasteiger partial charge in [-0.2, -0.15) is 0 Å². The van der Waals surface area contributed by atoms with Crippen molar-refractivity contribution in [3.8, 4) is 0 Å². The zero-order chi connectivity index (χ0) is 14.2. The van der Waals surface area contributed by atoms with E-state index in [9.17, 15) is 4.79 Å². The Morgan fingerprint density at radius 3 is 2.45 bits per heavy atom. The van der Waals surface area contributed by atoms with Crippen molar-refractivity contribution in [3.63, 3.8) is 0 Å². The molecule has 4 nitrogen and oxygen atoms in total. The second-order valence-electron chi connectivity index (χ2n) is 5.24. The molecule has 110 valence electrons. The summed E-state index contributed by atoms with van der Waals surface area (Å²) < 4.78 is 10.8. The van der Waals surface area contributed by atoms with Crippen molar-refractivity contribution in [1.29, 1.82) is 0 Å². The van der Waals surface area contributed by atoms with Gasteiger partial charge in [0.25, 0.3) is 0 Å². The minimum absolute atomic E-state index is 0.0159. The van der Waals surface area contributed by atoms with Gasteiger partial charge >= 0.3 is 0 Å². The summed E-state index contributed by atoms with van der Waals surface area (Å²) >= 11 is 0. The largest absolute Gasteiger partial charge is 0.350 e. The van der Waals surface area contributed by atoms with Gasteiger partial charge in [-0.25, -0.2) is 0 Å². The number of hydrogen-bond donors (Lipinski definition) is 1. The van der Waals surface area contributed by atoms with Crippen LogP contribution in [0, 0.1) is 0 Å². The zero-order valence-electron chi connectivity index (χ0n) is 11.8. The fraction of sp³-hybridized carbons (Fsp3) is 0.562. The maximum Gasteiger partial charge on any atom is 0.157 e. The summed E-state index contributed by atoms with van der Waals surface area (Å²) in [7, 11) is 0. The SMILES string of the molecule is NC(C=O)Cc1ccc(CCCCC2OCCO2)cc1. The van der Waals surface area contributed by atoms with Crippen LogP contribution in [0.1, 0.15) is 30.4 Å². The quantitative estimate of drug-likeness (QED) is 0.582. The third kappa shape index (κ3) is 5.04. The summed E-state index contributed by atoms with van der Waals surface area (Å²) in [6, 6.07) is 7.96. The Morgan fingerprint density at radius 2 is 1.80 bits per heavy atom. The van der Waals surface area contributed by atoms with Gasteiger partial charge < -0.3 is 20.0 Å². The van der Waals surface area contributed by atoms with Crippen LogP contribution in [-0.2, 0) is 27.1 Å². The fourth-order valence-electron chi connectivity index (χ4n) is 2.38. The van der Waals surface area contributed by atoms with Gasteiger partial charge in [-0.1, -0.05) is 24.3 Å². The van der Waals surface area contributed by atoms with E-state index in [4.69, 9.17) is 15.2 Å². The maximum absolute atomic E-state index is 10.5.